The third-order valence-corrected chi connectivity index (χ3v) is 6.48. The molecule has 0 unspecified atom stereocenters. The van der Waals surface area contributed by atoms with Crippen molar-refractivity contribution in [1.82, 2.24) is 4.90 Å². The molecule has 32 heavy (non-hydrogen) atoms. The number of carbonyl (C=O) groups is 5. The number of ether oxygens (including phenoxy) is 1. The van der Waals surface area contributed by atoms with Gasteiger partial charge in [-0.3, -0.25) is 24.1 Å². The van der Waals surface area contributed by atoms with E-state index >= 15 is 0 Å². The Morgan fingerprint density at radius 2 is 1.94 bits per heavy atom. The highest BCUT2D eigenvalue weighted by Gasteiger charge is 2.35. The Hall–Kier alpha value is -3.79. The molecule has 0 fully saturated rings. The summed E-state index contributed by atoms with van der Waals surface area (Å²) in [6, 6.07) is 4.01. The molecule has 9 nitrogen and oxygen atoms in total. The molecule has 10 heteroatoms. The standard InChI is InChI=1S/C22H19N3O6S/c1-2-8-25-20(28)12-7-6-11(9-14(12)21(25)29)22(30)31-10-16(26)24-19-17(18(23)27)13-4-3-5-15(13)32-19/h2,6-7,9H,1,3-5,8,10H2,(H2,23,27)(H,24,26). The zero-order valence-electron chi connectivity index (χ0n) is 16.9. The fourth-order valence-electron chi connectivity index (χ4n) is 3.84. The van der Waals surface area contributed by atoms with Crippen molar-refractivity contribution in [3.8, 4) is 0 Å². The first-order valence-electron chi connectivity index (χ1n) is 9.84. The fourth-order valence-corrected chi connectivity index (χ4v) is 5.15. The lowest BCUT2D eigenvalue weighted by Gasteiger charge is -2.09. The van der Waals surface area contributed by atoms with Gasteiger partial charge in [0.05, 0.1) is 22.3 Å². The topological polar surface area (TPSA) is 136 Å². The number of hydrogen-bond acceptors (Lipinski definition) is 7. The van der Waals surface area contributed by atoms with Crippen LogP contribution in [0.25, 0.3) is 0 Å². The van der Waals surface area contributed by atoms with Gasteiger partial charge < -0.3 is 15.8 Å². The number of benzene rings is 1. The Morgan fingerprint density at radius 3 is 2.66 bits per heavy atom. The van der Waals surface area contributed by atoms with Crippen molar-refractivity contribution in [1.29, 1.82) is 0 Å². The highest BCUT2D eigenvalue weighted by Crippen LogP contribution is 2.38. The molecule has 4 amide bonds. The van der Waals surface area contributed by atoms with E-state index in [9.17, 15) is 24.0 Å². The minimum atomic E-state index is -0.825. The third-order valence-electron chi connectivity index (χ3n) is 5.27. The van der Waals surface area contributed by atoms with Crippen LogP contribution in [-0.4, -0.2) is 47.6 Å². The Kier molecular flexibility index (Phi) is 5.62. The van der Waals surface area contributed by atoms with Crippen molar-refractivity contribution in [3.63, 3.8) is 0 Å². The summed E-state index contributed by atoms with van der Waals surface area (Å²) in [4.78, 5) is 63.2. The molecule has 1 aliphatic carbocycles. The number of imide groups is 1. The number of nitrogens with zero attached hydrogens (tertiary/aromatic N) is 1. The van der Waals surface area contributed by atoms with E-state index in [1.165, 1.54) is 35.6 Å². The number of esters is 1. The first kappa shape index (κ1) is 21.4. The summed E-state index contributed by atoms with van der Waals surface area (Å²) in [5.74, 6) is -3.04. The average Bonchev–Trinajstić information content (AvgIpc) is 3.40. The number of anilines is 1. The highest BCUT2D eigenvalue weighted by molar-refractivity contribution is 7.17. The van der Waals surface area contributed by atoms with E-state index < -0.39 is 36.2 Å². The summed E-state index contributed by atoms with van der Waals surface area (Å²) in [5, 5.41) is 2.94. The second-order valence-electron chi connectivity index (χ2n) is 7.32. The van der Waals surface area contributed by atoms with Crippen LogP contribution in [0.2, 0.25) is 0 Å². The lowest BCUT2D eigenvalue weighted by molar-refractivity contribution is -0.119. The van der Waals surface area contributed by atoms with E-state index in [1.807, 2.05) is 0 Å². The summed E-state index contributed by atoms with van der Waals surface area (Å²) >= 11 is 1.30. The molecule has 0 radical (unpaired) electrons. The van der Waals surface area contributed by atoms with Gasteiger partial charge in [0.15, 0.2) is 6.61 Å². The SMILES string of the molecule is C=CCN1C(=O)c2ccc(C(=O)OCC(=O)Nc3sc4c(c3C(N)=O)CCC4)cc2C1=O. The second kappa shape index (κ2) is 8.39. The summed E-state index contributed by atoms with van der Waals surface area (Å²) in [6.07, 6.45) is 3.93. The number of thiophene rings is 1. The van der Waals surface area contributed by atoms with Crippen LogP contribution in [0.5, 0.6) is 0 Å². The average molecular weight is 453 g/mol. The number of aryl methyl sites for hydroxylation is 1. The zero-order chi connectivity index (χ0) is 23.0. The van der Waals surface area contributed by atoms with Crippen LogP contribution < -0.4 is 11.1 Å². The Bertz CT molecular complexity index is 1200. The molecular weight excluding hydrogens is 434 g/mol. The molecule has 0 atom stereocenters. The molecule has 0 bridgehead atoms. The van der Waals surface area contributed by atoms with Crippen molar-refractivity contribution >= 4 is 45.9 Å². The molecule has 1 aliphatic heterocycles. The first-order chi connectivity index (χ1) is 15.3. The summed E-state index contributed by atoms with van der Waals surface area (Å²) < 4.78 is 5.05. The maximum Gasteiger partial charge on any atom is 0.338 e. The van der Waals surface area contributed by atoms with Gasteiger partial charge in [-0.15, -0.1) is 17.9 Å². The quantitative estimate of drug-likeness (QED) is 0.373. The monoisotopic (exact) mass is 453 g/mol. The molecule has 2 heterocycles. The predicted octanol–water partition coefficient (Wildman–Crippen LogP) is 1.91. The van der Waals surface area contributed by atoms with Crippen LogP contribution >= 0.6 is 11.3 Å². The summed E-state index contributed by atoms with van der Waals surface area (Å²) in [6.45, 7) is 2.99. The molecule has 3 N–H and O–H groups in total. The first-order valence-corrected chi connectivity index (χ1v) is 10.7. The normalized spacial score (nSPS) is 14.2. The van der Waals surface area contributed by atoms with Gasteiger partial charge in [0, 0.05) is 11.4 Å². The minimum absolute atomic E-state index is 0.0334. The van der Waals surface area contributed by atoms with Gasteiger partial charge in [-0.25, -0.2) is 4.79 Å². The van der Waals surface area contributed by atoms with Crippen LogP contribution in [0, 0.1) is 0 Å². The molecule has 0 spiro atoms. The second-order valence-corrected chi connectivity index (χ2v) is 8.43. The minimum Gasteiger partial charge on any atom is -0.452 e. The van der Waals surface area contributed by atoms with Crippen molar-refractivity contribution in [2.24, 2.45) is 5.73 Å². The molecule has 1 aromatic carbocycles. The highest BCUT2D eigenvalue weighted by atomic mass is 32.1. The molecule has 0 saturated carbocycles. The lowest BCUT2D eigenvalue weighted by Crippen LogP contribution is -2.29. The van der Waals surface area contributed by atoms with Crippen molar-refractivity contribution in [3.05, 3.63) is 63.5 Å². The Morgan fingerprint density at radius 1 is 1.19 bits per heavy atom. The number of rotatable bonds is 7. The number of nitrogens with one attached hydrogen (secondary N) is 1. The van der Waals surface area contributed by atoms with Gasteiger partial charge in [0.1, 0.15) is 5.00 Å². The Labute approximate surface area is 186 Å². The number of primary amides is 1. The third kappa shape index (κ3) is 3.69. The van der Waals surface area contributed by atoms with Crippen LogP contribution in [0.3, 0.4) is 0 Å². The van der Waals surface area contributed by atoms with Crippen molar-refractivity contribution < 1.29 is 28.7 Å². The van der Waals surface area contributed by atoms with E-state index in [2.05, 4.69) is 11.9 Å². The Balaban J connectivity index is 1.42. The zero-order valence-corrected chi connectivity index (χ0v) is 17.8. The van der Waals surface area contributed by atoms with Crippen molar-refractivity contribution in [2.45, 2.75) is 19.3 Å². The van der Waals surface area contributed by atoms with E-state index in [1.54, 1.807) is 0 Å². The molecular formula is C22H19N3O6S. The van der Waals surface area contributed by atoms with Gasteiger partial charge in [-0.05, 0) is 43.0 Å². The largest absolute Gasteiger partial charge is 0.452 e. The number of amides is 4. The molecule has 2 aromatic rings. The van der Waals surface area contributed by atoms with E-state index in [0.717, 1.165) is 34.6 Å². The van der Waals surface area contributed by atoms with Crippen LogP contribution in [0.4, 0.5) is 5.00 Å². The van der Waals surface area contributed by atoms with E-state index in [4.69, 9.17) is 10.5 Å². The summed E-state index contributed by atoms with van der Waals surface area (Å²) in [5.41, 5.74) is 6.97. The van der Waals surface area contributed by atoms with E-state index in [-0.39, 0.29) is 23.2 Å². The van der Waals surface area contributed by atoms with Gasteiger partial charge in [-0.2, -0.15) is 0 Å². The van der Waals surface area contributed by atoms with Gasteiger partial charge >= 0.3 is 5.97 Å². The molecule has 164 valence electrons. The maximum atomic E-state index is 12.4. The predicted molar refractivity (Wildman–Crippen MR) is 116 cm³/mol. The molecule has 1 aromatic heterocycles. The fraction of sp³-hybridized carbons (Fsp3) is 0.227. The molecule has 2 aliphatic rings. The van der Waals surface area contributed by atoms with Crippen molar-refractivity contribution in [2.75, 3.05) is 18.5 Å². The van der Waals surface area contributed by atoms with Crippen LogP contribution in [0.15, 0.2) is 30.9 Å². The van der Waals surface area contributed by atoms with Gasteiger partial charge in [0.25, 0.3) is 23.6 Å². The number of carbonyl (C=O) groups excluding carboxylic acids is 5. The number of nitrogens with two attached hydrogens (primary N) is 1. The molecule has 4 rings (SSSR count). The van der Waals surface area contributed by atoms with Gasteiger partial charge in [-0.1, -0.05) is 6.08 Å². The van der Waals surface area contributed by atoms with E-state index in [0.29, 0.717) is 10.6 Å². The van der Waals surface area contributed by atoms with Gasteiger partial charge in [0.2, 0.25) is 0 Å². The number of hydrogen-bond donors (Lipinski definition) is 2. The summed E-state index contributed by atoms with van der Waals surface area (Å²) in [7, 11) is 0. The van der Waals surface area contributed by atoms with Crippen LogP contribution in [-0.2, 0) is 22.4 Å². The smallest absolute Gasteiger partial charge is 0.338 e. The maximum absolute atomic E-state index is 12.4. The molecule has 0 saturated heterocycles. The van der Waals surface area contributed by atoms with Crippen LogP contribution in [0.1, 0.15) is 58.3 Å². The number of fused-ring (bicyclic) bond motifs is 2. The lowest BCUT2D eigenvalue weighted by atomic mass is 10.1.